The van der Waals surface area contributed by atoms with Crippen LogP contribution in [-0.2, 0) is 0 Å². The number of furan rings is 1. The lowest BCUT2D eigenvalue weighted by atomic mass is 10.1. The average Bonchev–Trinajstić information content (AvgIpc) is 3.42. The molecule has 11 nitrogen and oxygen atoms in total. The summed E-state index contributed by atoms with van der Waals surface area (Å²) in [6, 6.07) is 16.7. The number of carbonyl (C=O) groups excluding carboxylic acids is 2. The maximum atomic E-state index is 13.5. The van der Waals surface area contributed by atoms with Crippen molar-refractivity contribution in [2.45, 2.75) is 0 Å². The van der Waals surface area contributed by atoms with Crippen LogP contribution in [0.1, 0.15) is 41.6 Å². The molecule has 8 N–H and O–H groups in total. The second kappa shape index (κ2) is 11.9. The average molecular weight is 520 g/mol. The van der Waals surface area contributed by atoms with Gasteiger partial charge in [0.1, 0.15) is 5.82 Å². The SMILES string of the molecule is Nc1ccc(NC(=O)c2ccccc2F)c(C(=O)O)c1.Nc1ccc(NC(=O)c2ccco2)c(C(=O)O)c1. The van der Waals surface area contributed by atoms with Gasteiger partial charge in [-0.1, -0.05) is 12.1 Å². The molecule has 1 heterocycles. The zero-order chi connectivity index (χ0) is 27.8. The van der Waals surface area contributed by atoms with Gasteiger partial charge in [-0.05, 0) is 60.7 Å². The summed E-state index contributed by atoms with van der Waals surface area (Å²) < 4.78 is 18.4. The largest absolute Gasteiger partial charge is 0.478 e. The number of nitrogens with one attached hydrogen (secondary N) is 2. The molecule has 0 saturated carbocycles. The van der Waals surface area contributed by atoms with E-state index in [4.69, 9.17) is 26.1 Å². The molecule has 0 saturated heterocycles. The highest BCUT2D eigenvalue weighted by Gasteiger charge is 2.17. The van der Waals surface area contributed by atoms with Crippen LogP contribution in [0.15, 0.2) is 83.5 Å². The smallest absolute Gasteiger partial charge is 0.337 e. The molecular weight excluding hydrogens is 499 g/mol. The van der Waals surface area contributed by atoms with Crippen LogP contribution in [0, 0.1) is 5.82 Å². The Balaban J connectivity index is 0.000000212. The van der Waals surface area contributed by atoms with Crippen LogP contribution in [0.3, 0.4) is 0 Å². The maximum absolute atomic E-state index is 13.5. The van der Waals surface area contributed by atoms with E-state index < -0.39 is 29.6 Å². The number of anilines is 4. The number of halogens is 1. The second-order valence-electron chi connectivity index (χ2n) is 7.59. The molecule has 0 bridgehead atoms. The Morgan fingerprint density at radius 1 is 0.684 bits per heavy atom. The number of amides is 2. The van der Waals surface area contributed by atoms with Crippen LogP contribution in [0.25, 0.3) is 0 Å². The normalized spacial score (nSPS) is 10.0. The highest BCUT2D eigenvalue weighted by atomic mass is 19.1. The van der Waals surface area contributed by atoms with E-state index in [9.17, 15) is 23.6 Å². The first-order chi connectivity index (χ1) is 18.1. The van der Waals surface area contributed by atoms with Gasteiger partial charge in [0.2, 0.25) is 0 Å². The second-order valence-corrected chi connectivity index (χ2v) is 7.59. The van der Waals surface area contributed by atoms with Crippen LogP contribution >= 0.6 is 0 Å². The van der Waals surface area contributed by atoms with Crippen molar-refractivity contribution in [1.29, 1.82) is 0 Å². The fourth-order valence-electron chi connectivity index (χ4n) is 3.12. The Morgan fingerprint density at radius 3 is 1.68 bits per heavy atom. The summed E-state index contributed by atoms with van der Waals surface area (Å²) in [5.41, 5.74) is 11.4. The summed E-state index contributed by atoms with van der Waals surface area (Å²) >= 11 is 0. The number of carbonyl (C=O) groups is 4. The number of hydrogen-bond acceptors (Lipinski definition) is 7. The number of carboxylic acid groups (broad SMARTS) is 2. The van der Waals surface area contributed by atoms with Gasteiger partial charge in [-0.15, -0.1) is 0 Å². The van der Waals surface area contributed by atoms with Gasteiger partial charge >= 0.3 is 11.9 Å². The number of carboxylic acids is 2. The molecule has 4 rings (SSSR count). The highest BCUT2D eigenvalue weighted by molar-refractivity contribution is 6.08. The van der Waals surface area contributed by atoms with E-state index in [0.29, 0.717) is 5.69 Å². The number of nitrogens with two attached hydrogens (primary N) is 2. The first kappa shape index (κ1) is 26.9. The summed E-state index contributed by atoms with van der Waals surface area (Å²) in [5.74, 6) is -4.23. The van der Waals surface area contributed by atoms with Crippen LogP contribution in [0.4, 0.5) is 27.1 Å². The molecule has 1 aromatic heterocycles. The molecule has 0 aliphatic carbocycles. The van der Waals surface area contributed by atoms with Gasteiger partial charge in [-0.2, -0.15) is 0 Å². The van der Waals surface area contributed by atoms with E-state index in [-0.39, 0.29) is 39.5 Å². The first-order valence-electron chi connectivity index (χ1n) is 10.7. The standard InChI is InChI=1S/C14H11FN2O3.C12H10N2O4/c15-11-4-2-1-3-9(11)13(18)17-12-6-5-8(16)7-10(12)14(19)20;13-7-3-4-9(8(6-7)12(16)17)14-11(15)10-2-1-5-18-10/h1-7H,16H2,(H,17,18)(H,19,20);1-6H,13H2,(H,14,15)(H,16,17). The van der Waals surface area contributed by atoms with Crippen molar-refractivity contribution in [2.24, 2.45) is 0 Å². The van der Waals surface area contributed by atoms with E-state index >= 15 is 0 Å². The van der Waals surface area contributed by atoms with E-state index in [2.05, 4.69) is 10.6 Å². The lowest BCUT2D eigenvalue weighted by Crippen LogP contribution is -2.16. The van der Waals surface area contributed by atoms with Crippen molar-refractivity contribution in [3.8, 4) is 0 Å². The first-order valence-corrected chi connectivity index (χ1v) is 10.7. The molecule has 2 amide bonds. The minimum absolute atomic E-state index is 0.0555. The van der Waals surface area contributed by atoms with Crippen molar-refractivity contribution in [1.82, 2.24) is 0 Å². The number of rotatable bonds is 6. The van der Waals surface area contributed by atoms with E-state index in [1.807, 2.05) is 0 Å². The van der Waals surface area contributed by atoms with Gasteiger partial charge in [0.15, 0.2) is 5.76 Å². The summed E-state index contributed by atoms with van der Waals surface area (Å²) in [5, 5.41) is 22.9. The molecule has 194 valence electrons. The van der Waals surface area contributed by atoms with Gasteiger partial charge in [0.05, 0.1) is 34.3 Å². The van der Waals surface area contributed by atoms with Gasteiger partial charge in [-0.3, -0.25) is 9.59 Å². The van der Waals surface area contributed by atoms with Crippen LogP contribution < -0.4 is 22.1 Å². The molecular formula is C26H21FN4O7. The number of aromatic carboxylic acids is 2. The summed E-state index contributed by atoms with van der Waals surface area (Å²) in [4.78, 5) is 45.7. The third-order valence-corrected chi connectivity index (χ3v) is 4.91. The predicted octanol–water partition coefficient (Wildman–Crippen LogP) is 4.17. The predicted molar refractivity (Wildman–Crippen MR) is 137 cm³/mol. The summed E-state index contributed by atoms with van der Waals surface area (Å²) in [6.07, 6.45) is 1.36. The monoisotopic (exact) mass is 520 g/mol. The van der Waals surface area contributed by atoms with Crippen LogP contribution in [0.5, 0.6) is 0 Å². The zero-order valence-corrected chi connectivity index (χ0v) is 19.5. The third kappa shape index (κ3) is 6.73. The third-order valence-electron chi connectivity index (χ3n) is 4.91. The molecule has 4 aromatic rings. The molecule has 0 atom stereocenters. The number of hydrogen-bond donors (Lipinski definition) is 6. The highest BCUT2D eigenvalue weighted by Crippen LogP contribution is 2.21. The molecule has 12 heteroatoms. The maximum Gasteiger partial charge on any atom is 0.337 e. The molecule has 0 radical (unpaired) electrons. The Kier molecular flexibility index (Phi) is 8.41. The molecule has 0 aliphatic heterocycles. The quantitative estimate of drug-likeness (QED) is 0.202. The molecule has 0 aliphatic rings. The molecule has 38 heavy (non-hydrogen) atoms. The van der Waals surface area contributed by atoms with Crippen molar-refractivity contribution >= 4 is 46.5 Å². The minimum Gasteiger partial charge on any atom is -0.478 e. The fourth-order valence-corrected chi connectivity index (χ4v) is 3.12. The Morgan fingerprint density at radius 2 is 1.21 bits per heavy atom. The molecule has 3 aromatic carbocycles. The Hall–Kier alpha value is -5.65. The minimum atomic E-state index is -1.24. The fraction of sp³-hybridized carbons (Fsp3) is 0. The van der Waals surface area contributed by atoms with Crippen molar-refractivity contribution in [3.63, 3.8) is 0 Å². The van der Waals surface area contributed by atoms with Crippen LogP contribution in [-0.4, -0.2) is 34.0 Å². The summed E-state index contributed by atoms with van der Waals surface area (Å²) in [6.45, 7) is 0. The summed E-state index contributed by atoms with van der Waals surface area (Å²) in [7, 11) is 0. The lowest BCUT2D eigenvalue weighted by Gasteiger charge is -2.09. The van der Waals surface area contributed by atoms with Crippen molar-refractivity contribution < 1.29 is 38.2 Å². The van der Waals surface area contributed by atoms with E-state index in [0.717, 1.165) is 6.07 Å². The molecule has 0 spiro atoms. The van der Waals surface area contributed by atoms with Crippen LogP contribution in [0.2, 0.25) is 0 Å². The van der Waals surface area contributed by atoms with Gasteiger partial charge in [0, 0.05) is 11.4 Å². The lowest BCUT2D eigenvalue weighted by molar-refractivity contribution is 0.0687. The van der Waals surface area contributed by atoms with Gasteiger partial charge < -0.3 is 36.7 Å². The van der Waals surface area contributed by atoms with Crippen molar-refractivity contribution in [2.75, 3.05) is 22.1 Å². The van der Waals surface area contributed by atoms with E-state index in [1.165, 1.54) is 66.9 Å². The van der Waals surface area contributed by atoms with E-state index in [1.54, 1.807) is 6.07 Å². The number of benzene rings is 3. The molecule has 0 unspecified atom stereocenters. The Labute approximate surface area is 214 Å². The number of nitrogen functional groups attached to an aromatic ring is 2. The topological polar surface area (TPSA) is 198 Å². The zero-order valence-electron chi connectivity index (χ0n) is 19.5. The van der Waals surface area contributed by atoms with Gasteiger partial charge in [-0.25, -0.2) is 14.0 Å². The Bertz CT molecular complexity index is 1500. The van der Waals surface area contributed by atoms with Crippen molar-refractivity contribution in [3.05, 3.63) is 107 Å². The van der Waals surface area contributed by atoms with Gasteiger partial charge in [0.25, 0.3) is 11.8 Å². The molecule has 0 fully saturated rings.